The van der Waals surface area contributed by atoms with Crippen molar-refractivity contribution in [3.8, 4) is 0 Å². The predicted octanol–water partition coefficient (Wildman–Crippen LogP) is 2.97. The SMILES string of the molecule is Cc1ccccc1C(CN)N(C)C(C)C(C)C. The van der Waals surface area contributed by atoms with E-state index in [1.165, 1.54) is 11.1 Å². The molecule has 0 saturated heterocycles. The van der Waals surface area contributed by atoms with Crippen LogP contribution in [-0.4, -0.2) is 24.5 Å². The zero-order valence-corrected chi connectivity index (χ0v) is 11.8. The van der Waals surface area contributed by atoms with E-state index in [0.29, 0.717) is 24.5 Å². The molecule has 0 fully saturated rings. The summed E-state index contributed by atoms with van der Waals surface area (Å²) in [6, 6.07) is 9.37. The van der Waals surface area contributed by atoms with E-state index in [9.17, 15) is 0 Å². The molecule has 0 amide bonds. The number of nitrogens with zero attached hydrogens (tertiary/aromatic N) is 1. The molecule has 96 valence electrons. The lowest BCUT2D eigenvalue weighted by Crippen LogP contribution is -2.39. The van der Waals surface area contributed by atoms with Crippen LogP contribution in [0.1, 0.15) is 37.9 Å². The number of benzene rings is 1. The van der Waals surface area contributed by atoms with E-state index in [2.05, 4.69) is 63.9 Å². The van der Waals surface area contributed by atoms with Gasteiger partial charge in [-0.3, -0.25) is 4.90 Å². The fourth-order valence-electron chi connectivity index (χ4n) is 2.23. The van der Waals surface area contributed by atoms with Crippen LogP contribution >= 0.6 is 0 Å². The first-order valence-electron chi connectivity index (χ1n) is 6.46. The zero-order valence-electron chi connectivity index (χ0n) is 11.8. The first kappa shape index (κ1) is 14.2. The smallest absolute Gasteiger partial charge is 0.0472 e. The van der Waals surface area contributed by atoms with Gasteiger partial charge in [0.1, 0.15) is 0 Å². The van der Waals surface area contributed by atoms with Crippen LogP contribution in [-0.2, 0) is 0 Å². The van der Waals surface area contributed by atoms with E-state index in [0.717, 1.165) is 0 Å². The van der Waals surface area contributed by atoms with Gasteiger partial charge < -0.3 is 5.73 Å². The lowest BCUT2D eigenvalue weighted by atomic mass is 9.96. The average Bonchev–Trinajstić information content (AvgIpc) is 2.31. The van der Waals surface area contributed by atoms with Crippen molar-refractivity contribution in [3.63, 3.8) is 0 Å². The molecule has 2 atom stereocenters. The fraction of sp³-hybridized carbons (Fsp3) is 0.600. The Labute approximate surface area is 106 Å². The highest BCUT2D eigenvalue weighted by molar-refractivity contribution is 5.29. The maximum atomic E-state index is 5.97. The Morgan fingerprint density at radius 2 is 1.76 bits per heavy atom. The molecular weight excluding hydrogens is 208 g/mol. The third-order valence-electron chi connectivity index (χ3n) is 3.87. The number of nitrogens with two attached hydrogens (primary N) is 1. The van der Waals surface area contributed by atoms with Crippen LogP contribution in [0.25, 0.3) is 0 Å². The Balaban J connectivity index is 2.96. The van der Waals surface area contributed by atoms with Crippen LogP contribution in [0.2, 0.25) is 0 Å². The highest BCUT2D eigenvalue weighted by Crippen LogP contribution is 2.25. The molecule has 0 aliphatic carbocycles. The molecule has 2 N–H and O–H groups in total. The zero-order chi connectivity index (χ0) is 13.0. The standard InChI is InChI=1S/C15H26N2/c1-11(2)13(4)17(5)15(10-16)14-9-7-6-8-12(14)3/h6-9,11,13,15H,10,16H2,1-5H3. The predicted molar refractivity (Wildman–Crippen MR) is 75.0 cm³/mol. The van der Waals surface area contributed by atoms with Gasteiger partial charge in [0.25, 0.3) is 0 Å². The maximum absolute atomic E-state index is 5.97. The van der Waals surface area contributed by atoms with Crippen molar-refractivity contribution in [1.82, 2.24) is 4.90 Å². The second kappa shape index (κ2) is 6.18. The molecule has 0 saturated carbocycles. The molecular formula is C15H26N2. The number of rotatable bonds is 5. The van der Waals surface area contributed by atoms with Gasteiger partial charge in [0, 0.05) is 18.6 Å². The Hall–Kier alpha value is -0.860. The summed E-state index contributed by atoms with van der Waals surface area (Å²) < 4.78 is 0. The average molecular weight is 234 g/mol. The summed E-state index contributed by atoms with van der Waals surface area (Å²) in [5.74, 6) is 0.637. The molecule has 2 heteroatoms. The molecule has 1 rings (SSSR count). The number of hydrogen-bond acceptors (Lipinski definition) is 2. The molecule has 0 heterocycles. The molecule has 1 aromatic carbocycles. The van der Waals surface area contributed by atoms with Gasteiger partial charge in [-0.05, 0) is 37.9 Å². The molecule has 0 spiro atoms. The topological polar surface area (TPSA) is 29.3 Å². The third-order valence-corrected chi connectivity index (χ3v) is 3.87. The highest BCUT2D eigenvalue weighted by Gasteiger charge is 2.22. The number of aryl methyl sites for hydroxylation is 1. The first-order chi connectivity index (χ1) is 7.99. The van der Waals surface area contributed by atoms with Crippen molar-refractivity contribution in [3.05, 3.63) is 35.4 Å². The molecule has 0 radical (unpaired) electrons. The van der Waals surface area contributed by atoms with Gasteiger partial charge in [-0.15, -0.1) is 0 Å². The van der Waals surface area contributed by atoms with Gasteiger partial charge in [-0.1, -0.05) is 38.1 Å². The lowest BCUT2D eigenvalue weighted by molar-refractivity contribution is 0.151. The van der Waals surface area contributed by atoms with Crippen molar-refractivity contribution in [2.24, 2.45) is 11.7 Å². The maximum Gasteiger partial charge on any atom is 0.0472 e. The van der Waals surface area contributed by atoms with E-state index in [-0.39, 0.29) is 0 Å². The summed E-state index contributed by atoms with van der Waals surface area (Å²) in [6.45, 7) is 9.61. The van der Waals surface area contributed by atoms with Crippen LogP contribution in [0, 0.1) is 12.8 Å². The summed E-state index contributed by atoms with van der Waals surface area (Å²) in [6.07, 6.45) is 0. The van der Waals surface area contributed by atoms with Crippen molar-refractivity contribution in [2.45, 2.75) is 39.8 Å². The van der Waals surface area contributed by atoms with Crippen LogP contribution in [0.3, 0.4) is 0 Å². The second-order valence-electron chi connectivity index (χ2n) is 5.26. The summed E-state index contributed by atoms with van der Waals surface area (Å²) in [5.41, 5.74) is 8.65. The van der Waals surface area contributed by atoms with Crippen LogP contribution < -0.4 is 5.73 Å². The van der Waals surface area contributed by atoms with Gasteiger partial charge in [-0.25, -0.2) is 0 Å². The number of likely N-dealkylation sites (N-methyl/N-ethyl adjacent to an activating group) is 1. The second-order valence-corrected chi connectivity index (χ2v) is 5.26. The van der Waals surface area contributed by atoms with Crippen LogP contribution in [0.15, 0.2) is 24.3 Å². The quantitative estimate of drug-likeness (QED) is 0.848. The highest BCUT2D eigenvalue weighted by atomic mass is 15.2. The third kappa shape index (κ3) is 3.30. The minimum absolute atomic E-state index is 0.314. The van der Waals surface area contributed by atoms with E-state index < -0.39 is 0 Å². The molecule has 0 aliphatic rings. The van der Waals surface area contributed by atoms with Crippen molar-refractivity contribution in [2.75, 3.05) is 13.6 Å². The first-order valence-corrected chi connectivity index (χ1v) is 6.46. The molecule has 2 nitrogen and oxygen atoms in total. The Morgan fingerprint density at radius 1 is 1.18 bits per heavy atom. The van der Waals surface area contributed by atoms with Gasteiger partial charge in [0.2, 0.25) is 0 Å². The van der Waals surface area contributed by atoms with Crippen LogP contribution in [0.5, 0.6) is 0 Å². The molecule has 17 heavy (non-hydrogen) atoms. The minimum atomic E-state index is 0.314. The minimum Gasteiger partial charge on any atom is -0.329 e. The van der Waals surface area contributed by atoms with Crippen molar-refractivity contribution >= 4 is 0 Å². The van der Waals surface area contributed by atoms with Gasteiger partial charge in [-0.2, -0.15) is 0 Å². The summed E-state index contributed by atoms with van der Waals surface area (Å²) in [7, 11) is 2.18. The monoisotopic (exact) mass is 234 g/mol. The van der Waals surface area contributed by atoms with Gasteiger partial charge in [0.15, 0.2) is 0 Å². The van der Waals surface area contributed by atoms with Gasteiger partial charge in [0.05, 0.1) is 0 Å². The normalized spacial score (nSPS) is 15.3. The van der Waals surface area contributed by atoms with E-state index in [4.69, 9.17) is 5.73 Å². The summed E-state index contributed by atoms with van der Waals surface area (Å²) in [4.78, 5) is 2.40. The van der Waals surface area contributed by atoms with Crippen LogP contribution in [0.4, 0.5) is 0 Å². The van der Waals surface area contributed by atoms with Crippen molar-refractivity contribution < 1.29 is 0 Å². The Morgan fingerprint density at radius 3 is 2.24 bits per heavy atom. The Bertz CT molecular complexity index is 347. The molecule has 2 unspecified atom stereocenters. The van der Waals surface area contributed by atoms with E-state index in [1.54, 1.807) is 0 Å². The van der Waals surface area contributed by atoms with Crippen molar-refractivity contribution in [1.29, 1.82) is 0 Å². The lowest BCUT2D eigenvalue weighted by Gasteiger charge is -2.35. The fourth-order valence-corrected chi connectivity index (χ4v) is 2.23. The van der Waals surface area contributed by atoms with E-state index in [1.807, 2.05) is 0 Å². The molecule has 0 aromatic heterocycles. The summed E-state index contributed by atoms with van der Waals surface area (Å²) in [5, 5.41) is 0. The van der Waals surface area contributed by atoms with E-state index >= 15 is 0 Å². The molecule has 1 aromatic rings. The van der Waals surface area contributed by atoms with Gasteiger partial charge >= 0.3 is 0 Å². The molecule has 0 aliphatic heterocycles. The number of hydrogen-bond donors (Lipinski definition) is 1. The summed E-state index contributed by atoms with van der Waals surface area (Å²) >= 11 is 0. The largest absolute Gasteiger partial charge is 0.329 e. The molecule has 0 bridgehead atoms. The Kier molecular flexibility index (Phi) is 5.16.